The molecule has 0 aromatic heterocycles. The Labute approximate surface area is 139 Å². The minimum Gasteiger partial charge on any atom is -0.337 e. The molecule has 3 rings (SSSR count). The lowest BCUT2D eigenvalue weighted by atomic mass is 9.94. The van der Waals surface area contributed by atoms with Crippen LogP contribution in [-0.2, 0) is 11.3 Å². The van der Waals surface area contributed by atoms with E-state index in [1.807, 2.05) is 0 Å². The lowest BCUT2D eigenvalue weighted by molar-refractivity contribution is -0.141. The van der Waals surface area contributed by atoms with Gasteiger partial charge in [-0.2, -0.15) is 0 Å². The Morgan fingerprint density at radius 1 is 1.22 bits per heavy atom. The maximum absolute atomic E-state index is 13.0. The first kappa shape index (κ1) is 16.5. The van der Waals surface area contributed by atoms with Gasteiger partial charge in [-0.3, -0.25) is 9.69 Å². The third kappa shape index (κ3) is 3.93. The van der Waals surface area contributed by atoms with E-state index in [4.69, 9.17) is 0 Å². The lowest BCUT2D eigenvalue weighted by Crippen LogP contribution is -2.59. The van der Waals surface area contributed by atoms with Crippen LogP contribution in [0.25, 0.3) is 0 Å². The second kappa shape index (κ2) is 7.45. The zero-order valence-electron chi connectivity index (χ0n) is 14.4. The molecule has 0 aliphatic carbocycles. The third-order valence-electron chi connectivity index (χ3n) is 5.42. The predicted octanol–water partition coefficient (Wildman–Crippen LogP) is 2.11. The van der Waals surface area contributed by atoms with Crippen molar-refractivity contribution in [1.29, 1.82) is 0 Å². The van der Waals surface area contributed by atoms with Gasteiger partial charge in [-0.1, -0.05) is 30.3 Å². The monoisotopic (exact) mass is 315 g/mol. The molecule has 3 atom stereocenters. The fourth-order valence-electron chi connectivity index (χ4n) is 3.84. The second-order valence-electron chi connectivity index (χ2n) is 7.07. The number of amides is 1. The average Bonchev–Trinajstić information content (AvgIpc) is 2.58. The van der Waals surface area contributed by atoms with E-state index in [9.17, 15) is 4.79 Å². The van der Waals surface area contributed by atoms with E-state index in [1.165, 1.54) is 5.56 Å². The summed E-state index contributed by atoms with van der Waals surface area (Å²) < 4.78 is 0. The Morgan fingerprint density at radius 3 is 2.78 bits per heavy atom. The van der Waals surface area contributed by atoms with Gasteiger partial charge < -0.3 is 10.2 Å². The summed E-state index contributed by atoms with van der Waals surface area (Å²) in [5.74, 6) is 0.531. The number of hydrogen-bond acceptors (Lipinski definition) is 3. The molecule has 3 unspecified atom stereocenters. The molecule has 0 bridgehead atoms. The van der Waals surface area contributed by atoms with Gasteiger partial charge in [0.25, 0.3) is 0 Å². The van der Waals surface area contributed by atoms with E-state index in [1.54, 1.807) is 0 Å². The molecule has 2 aliphatic heterocycles. The standard InChI is InChI=1S/C19H29N3O/c1-15-16(2)22(12-10-20-15)19(23)18-9-6-11-21(14-18)13-17-7-4-3-5-8-17/h3-5,7-8,15-16,18,20H,6,9-14H2,1-2H3. The van der Waals surface area contributed by atoms with Gasteiger partial charge in [0.2, 0.25) is 5.91 Å². The number of benzene rings is 1. The van der Waals surface area contributed by atoms with Crippen LogP contribution in [0.2, 0.25) is 0 Å². The van der Waals surface area contributed by atoms with Crippen molar-refractivity contribution in [2.75, 3.05) is 26.2 Å². The molecule has 4 heteroatoms. The number of carbonyl (C=O) groups excluding carboxylic acids is 1. The van der Waals surface area contributed by atoms with Crippen LogP contribution in [0.3, 0.4) is 0 Å². The number of likely N-dealkylation sites (tertiary alicyclic amines) is 1. The summed E-state index contributed by atoms with van der Waals surface area (Å²) in [4.78, 5) is 17.5. The van der Waals surface area contributed by atoms with E-state index in [2.05, 4.69) is 59.3 Å². The fraction of sp³-hybridized carbons (Fsp3) is 0.632. The molecule has 2 aliphatic rings. The van der Waals surface area contributed by atoms with E-state index in [0.29, 0.717) is 18.0 Å². The molecule has 1 aromatic carbocycles. The van der Waals surface area contributed by atoms with Crippen LogP contribution in [0.4, 0.5) is 0 Å². The van der Waals surface area contributed by atoms with E-state index in [-0.39, 0.29) is 5.92 Å². The maximum Gasteiger partial charge on any atom is 0.227 e. The second-order valence-corrected chi connectivity index (χ2v) is 7.07. The minimum atomic E-state index is 0.167. The van der Waals surface area contributed by atoms with Gasteiger partial charge in [0.05, 0.1) is 5.92 Å². The summed E-state index contributed by atoms with van der Waals surface area (Å²) in [5.41, 5.74) is 1.34. The van der Waals surface area contributed by atoms with Gasteiger partial charge in [-0.25, -0.2) is 0 Å². The van der Waals surface area contributed by atoms with Crippen molar-refractivity contribution in [1.82, 2.24) is 15.1 Å². The Hall–Kier alpha value is -1.39. The number of hydrogen-bond donors (Lipinski definition) is 1. The van der Waals surface area contributed by atoms with Crippen molar-refractivity contribution in [2.24, 2.45) is 5.92 Å². The van der Waals surface area contributed by atoms with Crippen LogP contribution in [-0.4, -0.2) is 54.0 Å². The molecule has 2 saturated heterocycles. The summed E-state index contributed by atoms with van der Waals surface area (Å²) in [6.45, 7) is 9.06. The van der Waals surface area contributed by atoms with Crippen LogP contribution in [0.1, 0.15) is 32.3 Å². The molecule has 1 N–H and O–H groups in total. The van der Waals surface area contributed by atoms with Crippen molar-refractivity contribution in [3.05, 3.63) is 35.9 Å². The zero-order chi connectivity index (χ0) is 16.2. The minimum absolute atomic E-state index is 0.167. The smallest absolute Gasteiger partial charge is 0.227 e. The van der Waals surface area contributed by atoms with E-state index >= 15 is 0 Å². The Morgan fingerprint density at radius 2 is 2.00 bits per heavy atom. The van der Waals surface area contributed by atoms with Crippen LogP contribution < -0.4 is 5.32 Å². The SMILES string of the molecule is CC1NCCN(C(=O)C2CCCN(Cc3ccccc3)C2)C1C. The number of nitrogens with one attached hydrogen (secondary N) is 1. The fourth-order valence-corrected chi connectivity index (χ4v) is 3.84. The molecule has 2 heterocycles. The Balaban J connectivity index is 1.60. The van der Waals surface area contributed by atoms with Gasteiger partial charge in [0.15, 0.2) is 0 Å². The molecule has 0 radical (unpaired) electrons. The normalized spacial score (nSPS) is 29.5. The highest BCUT2D eigenvalue weighted by molar-refractivity contribution is 5.79. The molecule has 23 heavy (non-hydrogen) atoms. The molecule has 0 saturated carbocycles. The van der Waals surface area contributed by atoms with Gasteiger partial charge in [0.1, 0.15) is 0 Å². The molecule has 4 nitrogen and oxygen atoms in total. The highest BCUT2D eigenvalue weighted by Crippen LogP contribution is 2.23. The van der Waals surface area contributed by atoms with Gasteiger partial charge >= 0.3 is 0 Å². The first-order valence-electron chi connectivity index (χ1n) is 8.95. The summed E-state index contributed by atoms with van der Waals surface area (Å²) in [5, 5.41) is 3.46. The summed E-state index contributed by atoms with van der Waals surface area (Å²) in [6.07, 6.45) is 2.16. The number of carbonyl (C=O) groups is 1. The van der Waals surface area contributed by atoms with Crippen molar-refractivity contribution >= 4 is 5.91 Å². The quantitative estimate of drug-likeness (QED) is 0.928. The van der Waals surface area contributed by atoms with Crippen LogP contribution in [0, 0.1) is 5.92 Å². The van der Waals surface area contributed by atoms with Crippen molar-refractivity contribution in [3.63, 3.8) is 0 Å². The molecule has 0 spiro atoms. The molecule has 1 amide bonds. The lowest BCUT2D eigenvalue weighted by Gasteiger charge is -2.42. The third-order valence-corrected chi connectivity index (χ3v) is 5.42. The average molecular weight is 315 g/mol. The number of rotatable bonds is 3. The Bertz CT molecular complexity index is 519. The van der Waals surface area contributed by atoms with Crippen LogP contribution >= 0.6 is 0 Å². The van der Waals surface area contributed by atoms with Crippen molar-refractivity contribution < 1.29 is 4.79 Å². The Kier molecular flexibility index (Phi) is 5.34. The van der Waals surface area contributed by atoms with Gasteiger partial charge in [-0.15, -0.1) is 0 Å². The number of piperazine rings is 1. The van der Waals surface area contributed by atoms with E-state index < -0.39 is 0 Å². The topological polar surface area (TPSA) is 35.6 Å². The van der Waals surface area contributed by atoms with E-state index in [0.717, 1.165) is 45.6 Å². The molecule has 2 fully saturated rings. The zero-order valence-corrected chi connectivity index (χ0v) is 14.4. The van der Waals surface area contributed by atoms with Crippen molar-refractivity contribution in [2.45, 2.75) is 45.3 Å². The molecule has 1 aromatic rings. The van der Waals surface area contributed by atoms with Gasteiger partial charge in [0, 0.05) is 38.3 Å². The number of piperidine rings is 1. The largest absolute Gasteiger partial charge is 0.337 e. The summed E-state index contributed by atoms with van der Waals surface area (Å²) >= 11 is 0. The first-order chi connectivity index (χ1) is 11.1. The molecular formula is C19H29N3O. The van der Waals surface area contributed by atoms with Crippen molar-refractivity contribution in [3.8, 4) is 0 Å². The maximum atomic E-state index is 13.0. The molecule has 126 valence electrons. The van der Waals surface area contributed by atoms with Gasteiger partial charge in [-0.05, 0) is 38.8 Å². The predicted molar refractivity (Wildman–Crippen MR) is 93.1 cm³/mol. The highest BCUT2D eigenvalue weighted by atomic mass is 16.2. The van der Waals surface area contributed by atoms with Crippen LogP contribution in [0.5, 0.6) is 0 Å². The highest BCUT2D eigenvalue weighted by Gasteiger charge is 2.34. The summed E-state index contributed by atoms with van der Waals surface area (Å²) in [6, 6.07) is 11.3. The molecular weight excluding hydrogens is 286 g/mol. The van der Waals surface area contributed by atoms with Crippen LogP contribution in [0.15, 0.2) is 30.3 Å². The number of nitrogens with zero attached hydrogens (tertiary/aromatic N) is 2. The first-order valence-corrected chi connectivity index (χ1v) is 8.95. The summed E-state index contributed by atoms with van der Waals surface area (Å²) in [7, 11) is 0.